The maximum atomic E-state index is 12.7. The predicted octanol–water partition coefficient (Wildman–Crippen LogP) is 3.17. The molecule has 0 bridgehead atoms. The molecule has 8 heteroatoms. The molecular weight excluding hydrogens is 321 g/mol. The number of anilines is 1. The molecule has 126 valence electrons. The molecule has 0 radical (unpaired) electrons. The highest BCUT2D eigenvalue weighted by Gasteiger charge is 2.30. The van der Waals surface area contributed by atoms with Gasteiger partial charge in [0.1, 0.15) is 0 Å². The summed E-state index contributed by atoms with van der Waals surface area (Å²) < 4.78 is 38.1. The molecule has 0 aliphatic rings. The SMILES string of the molecule is Cc1ccc(NC(=O)c2cccc(C(F)(F)F)c2)cc1N=C(N)N. The quantitative estimate of drug-likeness (QED) is 0.593. The van der Waals surface area contributed by atoms with Gasteiger partial charge in [0.15, 0.2) is 5.96 Å². The Morgan fingerprint density at radius 3 is 2.46 bits per heavy atom. The molecule has 2 aromatic carbocycles. The van der Waals surface area contributed by atoms with Crippen molar-refractivity contribution in [2.24, 2.45) is 16.5 Å². The second kappa shape index (κ2) is 6.61. The Kier molecular flexibility index (Phi) is 4.77. The minimum absolute atomic E-state index is 0.103. The van der Waals surface area contributed by atoms with Gasteiger partial charge in [0.05, 0.1) is 11.3 Å². The molecular formula is C16H15F3N4O. The Balaban J connectivity index is 2.26. The van der Waals surface area contributed by atoms with Crippen molar-refractivity contribution in [2.45, 2.75) is 13.1 Å². The van der Waals surface area contributed by atoms with Gasteiger partial charge in [-0.05, 0) is 42.8 Å². The van der Waals surface area contributed by atoms with E-state index in [9.17, 15) is 18.0 Å². The lowest BCUT2D eigenvalue weighted by atomic mass is 10.1. The Morgan fingerprint density at radius 2 is 1.83 bits per heavy atom. The minimum atomic E-state index is -4.51. The number of rotatable bonds is 3. The van der Waals surface area contributed by atoms with E-state index in [1.165, 1.54) is 18.2 Å². The molecule has 0 saturated heterocycles. The van der Waals surface area contributed by atoms with E-state index in [0.29, 0.717) is 11.4 Å². The minimum Gasteiger partial charge on any atom is -0.370 e. The Bertz CT molecular complexity index is 796. The van der Waals surface area contributed by atoms with Gasteiger partial charge in [0.2, 0.25) is 0 Å². The molecule has 0 unspecified atom stereocenters. The fraction of sp³-hybridized carbons (Fsp3) is 0.125. The lowest BCUT2D eigenvalue weighted by Gasteiger charge is -2.10. The first-order valence-corrected chi connectivity index (χ1v) is 6.86. The van der Waals surface area contributed by atoms with E-state index in [0.717, 1.165) is 17.7 Å². The van der Waals surface area contributed by atoms with Gasteiger partial charge in [-0.1, -0.05) is 12.1 Å². The van der Waals surface area contributed by atoms with E-state index in [-0.39, 0.29) is 11.5 Å². The summed E-state index contributed by atoms with van der Waals surface area (Å²) in [5, 5.41) is 2.52. The zero-order valence-electron chi connectivity index (χ0n) is 12.7. The molecule has 5 nitrogen and oxygen atoms in total. The van der Waals surface area contributed by atoms with Gasteiger partial charge in [-0.2, -0.15) is 13.2 Å². The van der Waals surface area contributed by atoms with E-state index < -0.39 is 17.6 Å². The molecule has 2 aromatic rings. The molecule has 0 spiro atoms. The number of hydrogen-bond donors (Lipinski definition) is 3. The van der Waals surface area contributed by atoms with E-state index >= 15 is 0 Å². The summed E-state index contributed by atoms with van der Waals surface area (Å²) in [6, 6.07) is 8.99. The predicted molar refractivity (Wildman–Crippen MR) is 86.0 cm³/mol. The Labute approximate surface area is 136 Å². The number of alkyl halides is 3. The Hall–Kier alpha value is -3.03. The molecule has 0 fully saturated rings. The van der Waals surface area contributed by atoms with Gasteiger partial charge < -0.3 is 16.8 Å². The average Bonchev–Trinajstić information content (AvgIpc) is 2.49. The summed E-state index contributed by atoms with van der Waals surface area (Å²) in [6.07, 6.45) is -4.51. The average molecular weight is 336 g/mol. The third kappa shape index (κ3) is 4.25. The van der Waals surface area contributed by atoms with Crippen LogP contribution in [0.5, 0.6) is 0 Å². The summed E-state index contributed by atoms with van der Waals surface area (Å²) >= 11 is 0. The van der Waals surface area contributed by atoms with Crippen LogP contribution in [0.4, 0.5) is 24.5 Å². The number of amides is 1. The summed E-state index contributed by atoms with van der Waals surface area (Å²) in [7, 11) is 0. The number of nitrogens with two attached hydrogens (primary N) is 2. The van der Waals surface area contributed by atoms with Crippen molar-refractivity contribution < 1.29 is 18.0 Å². The topological polar surface area (TPSA) is 93.5 Å². The normalized spacial score (nSPS) is 11.0. The highest BCUT2D eigenvalue weighted by atomic mass is 19.4. The molecule has 0 aliphatic carbocycles. The number of hydrogen-bond acceptors (Lipinski definition) is 2. The number of aliphatic imine (C=N–C) groups is 1. The molecule has 0 heterocycles. The summed E-state index contributed by atoms with van der Waals surface area (Å²) in [6.45, 7) is 1.78. The monoisotopic (exact) mass is 336 g/mol. The van der Waals surface area contributed by atoms with Crippen LogP contribution in [0.15, 0.2) is 47.5 Å². The summed E-state index contributed by atoms with van der Waals surface area (Å²) in [5.41, 5.74) is 11.3. The molecule has 24 heavy (non-hydrogen) atoms. The summed E-state index contributed by atoms with van der Waals surface area (Å²) in [4.78, 5) is 16.1. The van der Waals surface area contributed by atoms with Crippen molar-refractivity contribution in [3.8, 4) is 0 Å². The van der Waals surface area contributed by atoms with E-state index in [1.54, 1.807) is 19.1 Å². The van der Waals surface area contributed by atoms with Crippen molar-refractivity contribution in [1.29, 1.82) is 0 Å². The van der Waals surface area contributed by atoms with E-state index in [2.05, 4.69) is 10.3 Å². The van der Waals surface area contributed by atoms with Crippen LogP contribution in [-0.4, -0.2) is 11.9 Å². The molecule has 2 rings (SSSR count). The fourth-order valence-electron chi connectivity index (χ4n) is 1.99. The lowest BCUT2D eigenvalue weighted by Crippen LogP contribution is -2.22. The third-order valence-electron chi connectivity index (χ3n) is 3.17. The molecule has 0 aromatic heterocycles. The van der Waals surface area contributed by atoms with Crippen LogP contribution >= 0.6 is 0 Å². The van der Waals surface area contributed by atoms with Crippen molar-refractivity contribution >= 4 is 23.2 Å². The smallest absolute Gasteiger partial charge is 0.370 e. The number of halogens is 3. The van der Waals surface area contributed by atoms with Crippen LogP contribution in [-0.2, 0) is 6.18 Å². The standard InChI is InChI=1S/C16H15F3N4O/c1-9-5-6-12(8-13(9)23-15(20)21)22-14(24)10-3-2-4-11(7-10)16(17,18)19/h2-8H,1H3,(H,22,24)(H4,20,21,23). The van der Waals surface area contributed by atoms with Crippen LogP contribution < -0.4 is 16.8 Å². The van der Waals surface area contributed by atoms with Gasteiger partial charge in [-0.3, -0.25) is 4.79 Å². The van der Waals surface area contributed by atoms with Crippen LogP contribution in [0.1, 0.15) is 21.5 Å². The highest BCUT2D eigenvalue weighted by Crippen LogP contribution is 2.30. The van der Waals surface area contributed by atoms with E-state index in [1.807, 2.05) is 0 Å². The van der Waals surface area contributed by atoms with Gasteiger partial charge >= 0.3 is 6.18 Å². The zero-order chi connectivity index (χ0) is 17.9. The number of aryl methyl sites for hydroxylation is 1. The van der Waals surface area contributed by atoms with Crippen LogP contribution in [0.3, 0.4) is 0 Å². The van der Waals surface area contributed by atoms with Gasteiger partial charge in [0.25, 0.3) is 5.91 Å². The Morgan fingerprint density at radius 1 is 1.12 bits per heavy atom. The van der Waals surface area contributed by atoms with Crippen LogP contribution in [0.25, 0.3) is 0 Å². The van der Waals surface area contributed by atoms with Crippen LogP contribution in [0, 0.1) is 6.92 Å². The molecule has 0 saturated carbocycles. The zero-order valence-corrected chi connectivity index (χ0v) is 12.7. The largest absolute Gasteiger partial charge is 0.416 e. The van der Waals surface area contributed by atoms with Crippen molar-refractivity contribution in [2.75, 3.05) is 5.32 Å². The van der Waals surface area contributed by atoms with Crippen molar-refractivity contribution in [3.63, 3.8) is 0 Å². The first kappa shape index (κ1) is 17.3. The number of nitrogens with zero attached hydrogens (tertiary/aromatic N) is 1. The van der Waals surface area contributed by atoms with E-state index in [4.69, 9.17) is 11.5 Å². The molecule has 5 N–H and O–H groups in total. The second-order valence-electron chi connectivity index (χ2n) is 5.07. The molecule has 0 atom stereocenters. The summed E-state index contributed by atoms with van der Waals surface area (Å²) in [5.74, 6) is -0.806. The number of nitrogens with one attached hydrogen (secondary N) is 1. The van der Waals surface area contributed by atoms with Gasteiger partial charge in [-0.15, -0.1) is 0 Å². The maximum Gasteiger partial charge on any atom is 0.416 e. The van der Waals surface area contributed by atoms with Gasteiger partial charge in [-0.25, -0.2) is 4.99 Å². The van der Waals surface area contributed by atoms with Gasteiger partial charge in [0, 0.05) is 11.3 Å². The number of carbonyl (C=O) groups excluding carboxylic acids is 1. The first-order valence-electron chi connectivity index (χ1n) is 6.86. The number of benzene rings is 2. The number of carbonyl (C=O) groups is 1. The van der Waals surface area contributed by atoms with Crippen molar-refractivity contribution in [1.82, 2.24) is 0 Å². The van der Waals surface area contributed by atoms with Crippen LogP contribution in [0.2, 0.25) is 0 Å². The maximum absolute atomic E-state index is 12.7. The number of guanidine groups is 1. The lowest BCUT2D eigenvalue weighted by molar-refractivity contribution is -0.137. The molecule has 0 aliphatic heterocycles. The highest BCUT2D eigenvalue weighted by molar-refractivity contribution is 6.04. The molecule has 1 amide bonds. The van der Waals surface area contributed by atoms with Crippen molar-refractivity contribution in [3.05, 3.63) is 59.2 Å². The third-order valence-corrected chi connectivity index (χ3v) is 3.17. The first-order chi connectivity index (χ1) is 11.2. The second-order valence-corrected chi connectivity index (χ2v) is 5.07. The fourth-order valence-corrected chi connectivity index (χ4v) is 1.99.